The number of thiazole rings is 1. The molecule has 5 rings (SSSR count). The van der Waals surface area contributed by atoms with Gasteiger partial charge in [0.15, 0.2) is 0 Å². The molecular formula is C21H19N7S3. The van der Waals surface area contributed by atoms with Crippen LogP contribution >= 0.6 is 35.0 Å². The molecule has 31 heavy (non-hydrogen) atoms. The Morgan fingerprint density at radius 3 is 2.90 bits per heavy atom. The van der Waals surface area contributed by atoms with Gasteiger partial charge >= 0.3 is 0 Å². The number of nitrogens with zero attached hydrogens (tertiary/aromatic N) is 4. The molecule has 0 bridgehead atoms. The molecule has 10 heteroatoms. The van der Waals surface area contributed by atoms with Crippen LogP contribution in [-0.4, -0.2) is 38.3 Å². The van der Waals surface area contributed by atoms with Crippen molar-refractivity contribution < 1.29 is 0 Å². The van der Waals surface area contributed by atoms with Crippen LogP contribution in [0.3, 0.4) is 0 Å². The van der Waals surface area contributed by atoms with E-state index in [1.807, 2.05) is 18.6 Å². The number of aromatic amines is 1. The van der Waals surface area contributed by atoms with E-state index in [0.29, 0.717) is 17.6 Å². The fourth-order valence-electron chi connectivity index (χ4n) is 3.52. The van der Waals surface area contributed by atoms with Crippen molar-refractivity contribution in [2.24, 2.45) is 0 Å². The van der Waals surface area contributed by atoms with Crippen molar-refractivity contribution in [1.29, 1.82) is 5.26 Å². The fourth-order valence-corrected chi connectivity index (χ4v) is 5.69. The summed E-state index contributed by atoms with van der Waals surface area (Å²) in [6.45, 7) is 0. The number of hydrogen-bond acceptors (Lipinski definition) is 9. The molecule has 0 spiro atoms. The first kappa shape index (κ1) is 20.3. The molecule has 0 atom stereocenters. The van der Waals surface area contributed by atoms with Gasteiger partial charge in [0.05, 0.1) is 33.3 Å². The summed E-state index contributed by atoms with van der Waals surface area (Å²) in [5, 5.41) is 15.6. The SMILES string of the molecule is CSc1cnc(-c2cnc3[nH]ccc3c2NC2CC(NSc3cc(C#N)ccn3)C2)s1. The summed E-state index contributed by atoms with van der Waals surface area (Å²) >= 11 is 4.88. The van der Waals surface area contributed by atoms with Crippen molar-refractivity contribution >= 4 is 51.8 Å². The third-order valence-electron chi connectivity index (χ3n) is 5.18. The fraction of sp³-hybridized carbons (Fsp3) is 0.238. The maximum atomic E-state index is 9.02. The van der Waals surface area contributed by atoms with Crippen LogP contribution in [0.4, 0.5) is 5.69 Å². The predicted octanol–water partition coefficient (Wildman–Crippen LogP) is 4.91. The first-order chi connectivity index (χ1) is 15.2. The van der Waals surface area contributed by atoms with Gasteiger partial charge in [0, 0.05) is 36.1 Å². The van der Waals surface area contributed by atoms with E-state index in [1.54, 1.807) is 41.4 Å². The van der Waals surface area contributed by atoms with E-state index in [-0.39, 0.29) is 0 Å². The van der Waals surface area contributed by atoms with Gasteiger partial charge in [0.25, 0.3) is 0 Å². The number of nitriles is 1. The van der Waals surface area contributed by atoms with Crippen LogP contribution in [0.2, 0.25) is 0 Å². The Kier molecular flexibility index (Phi) is 5.82. The van der Waals surface area contributed by atoms with Crippen LogP contribution in [0, 0.1) is 11.3 Å². The van der Waals surface area contributed by atoms with Crippen LogP contribution in [0.15, 0.2) is 52.2 Å². The van der Waals surface area contributed by atoms with E-state index in [4.69, 9.17) is 5.26 Å². The summed E-state index contributed by atoms with van der Waals surface area (Å²) in [6.07, 6.45) is 11.5. The number of anilines is 1. The molecule has 156 valence electrons. The average molecular weight is 466 g/mol. The second-order valence-corrected chi connectivity index (χ2v) is 10.2. The number of rotatable bonds is 7. The predicted molar refractivity (Wildman–Crippen MR) is 127 cm³/mol. The minimum Gasteiger partial charge on any atom is -0.381 e. The monoisotopic (exact) mass is 465 g/mol. The molecule has 4 heterocycles. The zero-order chi connectivity index (χ0) is 21.2. The minimum atomic E-state index is 0.371. The number of nitrogens with one attached hydrogen (secondary N) is 3. The zero-order valence-corrected chi connectivity index (χ0v) is 19.1. The summed E-state index contributed by atoms with van der Waals surface area (Å²) in [5.41, 5.74) is 3.63. The largest absolute Gasteiger partial charge is 0.381 e. The molecule has 1 fully saturated rings. The highest BCUT2D eigenvalue weighted by molar-refractivity contribution is 8.00. The van der Waals surface area contributed by atoms with Gasteiger partial charge < -0.3 is 10.3 Å². The molecule has 0 aromatic carbocycles. The van der Waals surface area contributed by atoms with Gasteiger partial charge in [-0.3, -0.25) is 4.72 Å². The Labute approximate surface area is 192 Å². The van der Waals surface area contributed by atoms with Crippen LogP contribution in [0.1, 0.15) is 18.4 Å². The topological polar surface area (TPSA) is 102 Å². The van der Waals surface area contributed by atoms with Crippen molar-refractivity contribution in [3.63, 3.8) is 0 Å². The Hall–Kier alpha value is -2.58. The summed E-state index contributed by atoms with van der Waals surface area (Å²) in [5.74, 6) is 0. The molecule has 1 aliphatic rings. The summed E-state index contributed by atoms with van der Waals surface area (Å²) in [7, 11) is 0. The summed E-state index contributed by atoms with van der Waals surface area (Å²) in [4.78, 5) is 16.7. The number of thioether (sulfide) groups is 1. The smallest absolute Gasteiger partial charge is 0.139 e. The molecule has 0 unspecified atom stereocenters. The van der Waals surface area contributed by atoms with Crippen LogP contribution in [0.25, 0.3) is 21.6 Å². The number of hydrogen-bond donors (Lipinski definition) is 3. The Morgan fingerprint density at radius 2 is 2.10 bits per heavy atom. The highest BCUT2D eigenvalue weighted by atomic mass is 32.2. The second kappa shape index (κ2) is 8.88. The summed E-state index contributed by atoms with van der Waals surface area (Å²) in [6, 6.07) is 8.49. The van der Waals surface area contributed by atoms with Gasteiger partial charge in [0.1, 0.15) is 15.7 Å². The van der Waals surface area contributed by atoms with E-state index in [1.165, 1.54) is 16.2 Å². The van der Waals surface area contributed by atoms with Crippen LogP contribution in [-0.2, 0) is 0 Å². The second-order valence-electron chi connectivity index (χ2n) is 7.20. The standard InChI is InChI=1S/C21H19N7S3/c1-29-18-11-26-21(30-18)16-10-25-20-15(3-5-24-20)19(16)27-13-7-14(8-13)28-31-17-6-12(9-22)2-4-23-17/h2-6,10-11,13-14,28H,7-8H2,1H3,(H2,24,25,27). The zero-order valence-electron chi connectivity index (χ0n) is 16.6. The molecule has 0 amide bonds. The van der Waals surface area contributed by atoms with Gasteiger partial charge in [-0.15, -0.1) is 23.1 Å². The Bertz CT molecular complexity index is 1250. The van der Waals surface area contributed by atoms with E-state index in [2.05, 4.69) is 48.4 Å². The number of pyridine rings is 2. The highest BCUT2D eigenvalue weighted by Gasteiger charge is 2.30. The van der Waals surface area contributed by atoms with Gasteiger partial charge in [-0.05, 0) is 49.2 Å². The average Bonchev–Trinajstić information content (AvgIpc) is 3.44. The normalized spacial score (nSPS) is 17.9. The molecule has 4 aromatic rings. The maximum Gasteiger partial charge on any atom is 0.139 e. The maximum absolute atomic E-state index is 9.02. The Morgan fingerprint density at radius 1 is 1.19 bits per heavy atom. The molecule has 0 aliphatic heterocycles. The molecule has 4 aromatic heterocycles. The first-order valence-electron chi connectivity index (χ1n) is 9.75. The highest BCUT2D eigenvalue weighted by Crippen LogP contribution is 2.39. The Balaban J connectivity index is 1.27. The lowest BCUT2D eigenvalue weighted by Gasteiger charge is -2.37. The molecular weight excluding hydrogens is 446 g/mol. The van der Waals surface area contributed by atoms with Crippen LogP contribution in [0.5, 0.6) is 0 Å². The number of fused-ring (bicyclic) bond motifs is 1. The van der Waals surface area contributed by atoms with E-state index in [9.17, 15) is 0 Å². The third-order valence-corrected chi connectivity index (χ3v) is 8.15. The van der Waals surface area contributed by atoms with Crippen molar-refractivity contribution in [2.75, 3.05) is 11.6 Å². The van der Waals surface area contributed by atoms with Crippen molar-refractivity contribution in [3.8, 4) is 16.6 Å². The van der Waals surface area contributed by atoms with Gasteiger partial charge in [-0.1, -0.05) is 0 Å². The first-order valence-corrected chi connectivity index (χ1v) is 12.6. The van der Waals surface area contributed by atoms with Crippen molar-refractivity contribution in [2.45, 2.75) is 34.2 Å². The van der Waals surface area contributed by atoms with Crippen molar-refractivity contribution in [1.82, 2.24) is 24.7 Å². The van der Waals surface area contributed by atoms with E-state index in [0.717, 1.165) is 45.2 Å². The van der Waals surface area contributed by atoms with Crippen LogP contribution < -0.4 is 10.0 Å². The molecule has 0 radical (unpaired) electrons. The molecule has 3 N–H and O–H groups in total. The number of H-pyrrole nitrogens is 1. The molecule has 7 nitrogen and oxygen atoms in total. The summed E-state index contributed by atoms with van der Waals surface area (Å²) < 4.78 is 4.65. The lowest BCUT2D eigenvalue weighted by molar-refractivity contribution is 0.355. The number of aromatic nitrogens is 4. The lowest BCUT2D eigenvalue weighted by atomic mass is 9.87. The molecule has 1 saturated carbocycles. The van der Waals surface area contributed by atoms with Gasteiger partial charge in [0.2, 0.25) is 0 Å². The minimum absolute atomic E-state index is 0.371. The van der Waals surface area contributed by atoms with Gasteiger partial charge in [-0.25, -0.2) is 15.0 Å². The van der Waals surface area contributed by atoms with Crippen molar-refractivity contribution in [3.05, 3.63) is 48.5 Å². The quantitative estimate of drug-likeness (QED) is 0.261. The third kappa shape index (κ3) is 4.27. The molecule has 1 aliphatic carbocycles. The van der Waals surface area contributed by atoms with E-state index >= 15 is 0 Å². The lowest BCUT2D eigenvalue weighted by Crippen LogP contribution is -2.45. The van der Waals surface area contributed by atoms with E-state index < -0.39 is 0 Å². The molecule has 0 saturated heterocycles. The van der Waals surface area contributed by atoms with Gasteiger partial charge in [-0.2, -0.15) is 5.26 Å².